The van der Waals surface area contributed by atoms with E-state index < -0.39 is 0 Å². The van der Waals surface area contributed by atoms with Gasteiger partial charge in [0.05, 0.1) is 15.6 Å². The first kappa shape index (κ1) is 19.0. The fourth-order valence-corrected chi connectivity index (χ4v) is 3.53. The highest BCUT2D eigenvalue weighted by molar-refractivity contribution is 6.43. The van der Waals surface area contributed by atoms with Gasteiger partial charge >= 0.3 is 0 Å². The van der Waals surface area contributed by atoms with E-state index in [1.165, 1.54) is 5.69 Å². The van der Waals surface area contributed by atoms with Crippen molar-refractivity contribution < 1.29 is 4.79 Å². The van der Waals surface area contributed by atoms with Gasteiger partial charge in [-0.15, -0.1) is 0 Å². The molecule has 3 rings (SSSR count). The topological polar surface area (TPSA) is 35.6 Å². The molecule has 2 aromatic rings. The number of halogens is 2. The highest BCUT2D eigenvalue weighted by Crippen LogP contribution is 2.25. The van der Waals surface area contributed by atoms with Crippen LogP contribution < -0.4 is 10.2 Å². The van der Waals surface area contributed by atoms with Crippen LogP contribution in [0.15, 0.2) is 48.5 Å². The number of carbonyl (C=O) groups excluding carboxylic acids is 1. The lowest BCUT2D eigenvalue weighted by Crippen LogP contribution is -2.47. The number of anilines is 1. The molecule has 1 fully saturated rings. The maximum Gasteiger partial charge on any atom is 0.252 e. The van der Waals surface area contributed by atoms with E-state index in [1.807, 2.05) is 6.07 Å². The second kappa shape index (κ2) is 9.26. The van der Waals surface area contributed by atoms with Gasteiger partial charge in [-0.05, 0) is 37.2 Å². The summed E-state index contributed by atoms with van der Waals surface area (Å²) >= 11 is 12.0. The molecule has 1 heterocycles. The second-order valence-electron chi connectivity index (χ2n) is 6.38. The zero-order valence-electron chi connectivity index (χ0n) is 14.6. The largest absolute Gasteiger partial charge is 0.369 e. The Labute approximate surface area is 164 Å². The predicted octanol–water partition coefficient (Wildman–Crippen LogP) is 3.94. The molecule has 2 aromatic carbocycles. The number of rotatable bonds is 6. The maximum absolute atomic E-state index is 12.2. The highest BCUT2D eigenvalue weighted by Gasteiger charge is 2.17. The van der Waals surface area contributed by atoms with Crippen LogP contribution in [-0.4, -0.2) is 50.1 Å². The average Bonchev–Trinajstić information content (AvgIpc) is 2.68. The van der Waals surface area contributed by atoms with Gasteiger partial charge in [0.2, 0.25) is 0 Å². The molecule has 0 atom stereocenters. The molecule has 6 heteroatoms. The molecule has 1 aliphatic rings. The summed E-state index contributed by atoms with van der Waals surface area (Å²) < 4.78 is 0. The van der Waals surface area contributed by atoms with E-state index in [0.717, 1.165) is 39.1 Å². The number of piperazine rings is 1. The van der Waals surface area contributed by atoms with Gasteiger partial charge < -0.3 is 10.2 Å². The van der Waals surface area contributed by atoms with Gasteiger partial charge in [0.15, 0.2) is 0 Å². The summed E-state index contributed by atoms with van der Waals surface area (Å²) in [6.45, 7) is 5.77. The van der Waals surface area contributed by atoms with Gasteiger partial charge in [-0.3, -0.25) is 9.69 Å². The molecule has 1 N–H and O–H groups in total. The number of nitrogens with zero attached hydrogens (tertiary/aromatic N) is 2. The minimum atomic E-state index is -0.175. The molecule has 138 valence electrons. The van der Waals surface area contributed by atoms with Crippen LogP contribution in [0, 0.1) is 0 Å². The molecule has 0 aliphatic carbocycles. The standard InChI is InChI=1S/C20H23Cl2N3O/c21-18-9-4-8-17(19(18)22)20(26)23-10-5-11-24-12-14-25(15-13-24)16-6-2-1-3-7-16/h1-4,6-9H,5,10-15H2,(H,23,26). The van der Waals surface area contributed by atoms with Crippen LogP contribution in [0.5, 0.6) is 0 Å². The summed E-state index contributed by atoms with van der Waals surface area (Å²) in [5.41, 5.74) is 1.72. The van der Waals surface area contributed by atoms with Crippen molar-refractivity contribution in [3.8, 4) is 0 Å². The van der Waals surface area contributed by atoms with E-state index in [0.29, 0.717) is 22.2 Å². The maximum atomic E-state index is 12.2. The van der Waals surface area contributed by atoms with Crippen LogP contribution in [-0.2, 0) is 0 Å². The van der Waals surface area contributed by atoms with E-state index in [-0.39, 0.29) is 5.91 Å². The number of hydrogen-bond acceptors (Lipinski definition) is 3. The van der Waals surface area contributed by atoms with Crippen molar-refractivity contribution in [3.63, 3.8) is 0 Å². The minimum Gasteiger partial charge on any atom is -0.369 e. The molecule has 0 spiro atoms. The zero-order valence-corrected chi connectivity index (χ0v) is 16.1. The van der Waals surface area contributed by atoms with E-state index in [2.05, 4.69) is 39.4 Å². The van der Waals surface area contributed by atoms with E-state index >= 15 is 0 Å². The molecule has 0 aromatic heterocycles. The Balaban J connectivity index is 1.37. The Kier molecular flexibility index (Phi) is 6.78. The third kappa shape index (κ3) is 4.91. The van der Waals surface area contributed by atoms with E-state index in [9.17, 15) is 4.79 Å². The lowest BCUT2D eigenvalue weighted by molar-refractivity contribution is 0.0951. The molecule has 26 heavy (non-hydrogen) atoms. The molecule has 0 bridgehead atoms. The van der Waals surface area contributed by atoms with Crippen molar-refractivity contribution in [2.45, 2.75) is 6.42 Å². The quantitative estimate of drug-likeness (QED) is 0.757. The Morgan fingerprint density at radius 1 is 0.962 bits per heavy atom. The van der Waals surface area contributed by atoms with Crippen LogP contribution in [0.2, 0.25) is 10.0 Å². The Morgan fingerprint density at radius 2 is 1.69 bits per heavy atom. The molecule has 1 amide bonds. The van der Waals surface area contributed by atoms with Crippen LogP contribution >= 0.6 is 23.2 Å². The number of amides is 1. The smallest absolute Gasteiger partial charge is 0.252 e. The number of benzene rings is 2. The molecule has 1 aliphatic heterocycles. The predicted molar refractivity (Wildman–Crippen MR) is 109 cm³/mol. The normalized spacial score (nSPS) is 15.1. The first-order valence-corrected chi connectivity index (χ1v) is 9.65. The number of hydrogen-bond donors (Lipinski definition) is 1. The number of carbonyl (C=O) groups is 1. The molecule has 1 saturated heterocycles. The van der Waals surface area contributed by atoms with Crippen LogP contribution in [0.1, 0.15) is 16.8 Å². The second-order valence-corrected chi connectivity index (χ2v) is 7.16. The van der Waals surface area contributed by atoms with Gasteiger partial charge in [0, 0.05) is 38.4 Å². The van der Waals surface area contributed by atoms with Gasteiger partial charge in [-0.2, -0.15) is 0 Å². The van der Waals surface area contributed by atoms with Gasteiger partial charge in [0.25, 0.3) is 5.91 Å². The fourth-order valence-electron chi connectivity index (χ4n) is 3.15. The molecule has 0 radical (unpaired) electrons. The minimum absolute atomic E-state index is 0.175. The van der Waals surface area contributed by atoms with Gasteiger partial charge in [-0.1, -0.05) is 47.5 Å². The Hall–Kier alpha value is -1.75. The zero-order chi connectivity index (χ0) is 18.4. The monoisotopic (exact) mass is 391 g/mol. The number of nitrogens with one attached hydrogen (secondary N) is 1. The lowest BCUT2D eigenvalue weighted by atomic mass is 10.2. The SMILES string of the molecule is O=C(NCCCN1CCN(c2ccccc2)CC1)c1cccc(Cl)c1Cl. The molecular weight excluding hydrogens is 369 g/mol. The van der Waals surface area contributed by atoms with Gasteiger partial charge in [0.1, 0.15) is 0 Å². The van der Waals surface area contributed by atoms with Crippen molar-refractivity contribution in [2.24, 2.45) is 0 Å². The first-order valence-electron chi connectivity index (χ1n) is 8.90. The van der Waals surface area contributed by atoms with E-state index in [4.69, 9.17) is 23.2 Å². The summed E-state index contributed by atoms with van der Waals surface area (Å²) in [7, 11) is 0. The fraction of sp³-hybridized carbons (Fsp3) is 0.350. The van der Waals surface area contributed by atoms with Crippen LogP contribution in [0.4, 0.5) is 5.69 Å². The van der Waals surface area contributed by atoms with Crippen molar-refractivity contribution in [3.05, 3.63) is 64.1 Å². The molecule has 0 saturated carbocycles. The summed E-state index contributed by atoms with van der Waals surface area (Å²) in [5, 5.41) is 3.63. The third-order valence-corrected chi connectivity index (χ3v) is 5.45. The Morgan fingerprint density at radius 3 is 2.42 bits per heavy atom. The third-order valence-electron chi connectivity index (χ3n) is 4.63. The van der Waals surface area contributed by atoms with Crippen molar-refractivity contribution >= 4 is 34.8 Å². The molecular formula is C20H23Cl2N3O. The lowest BCUT2D eigenvalue weighted by Gasteiger charge is -2.36. The van der Waals surface area contributed by atoms with Crippen molar-refractivity contribution in [2.75, 3.05) is 44.2 Å². The number of para-hydroxylation sites is 1. The van der Waals surface area contributed by atoms with Gasteiger partial charge in [-0.25, -0.2) is 0 Å². The Bertz CT molecular complexity index is 731. The van der Waals surface area contributed by atoms with Crippen molar-refractivity contribution in [1.29, 1.82) is 0 Å². The first-order chi connectivity index (χ1) is 12.6. The van der Waals surface area contributed by atoms with Crippen molar-refractivity contribution in [1.82, 2.24) is 10.2 Å². The summed E-state index contributed by atoms with van der Waals surface area (Å²) in [4.78, 5) is 17.1. The molecule has 4 nitrogen and oxygen atoms in total. The van der Waals surface area contributed by atoms with Crippen LogP contribution in [0.3, 0.4) is 0 Å². The summed E-state index contributed by atoms with van der Waals surface area (Å²) in [6.07, 6.45) is 0.912. The highest BCUT2D eigenvalue weighted by atomic mass is 35.5. The van der Waals surface area contributed by atoms with Crippen LogP contribution in [0.25, 0.3) is 0 Å². The molecule has 0 unspecified atom stereocenters. The summed E-state index contributed by atoms with van der Waals surface area (Å²) in [5.74, 6) is -0.175. The van der Waals surface area contributed by atoms with E-state index in [1.54, 1.807) is 18.2 Å². The average molecular weight is 392 g/mol. The summed E-state index contributed by atoms with van der Waals surface area (Å²) in [6, 6.07) is 15.6.